The van der Waals surface area contributed by atoms with Crippen LogP contribution in [0.1, 0.15) is 11.1 Å². The van der Waals surface area contributed by atoms with Crippen molar-refractivity contribution in [1.29, 1.82) is 0 Å². The zero-order chi connectivity index (χ0) is 19.5. The molecule has 0 saturated carbocycles. The third-order valence-corrected chi connectivity index (χ3v) is 4.86. The molecule has 1 heterocycles. The fourth-order valence-corrected chi connectivity index (χ4v) is 3.35. The van der Waals surface area contributed by atoms with Gasteiger partial charge < -0.3 is 5.32 Å². The van der Waals surface area contributed by atoms with Crippen molar-refractivity contribution in [3.05, 3.63) is 102 Å². The second-order valence-corrected chi connectivity index (χ2v) is 7.25. The monoisotopic (exact) mass is 383 g/mol. The molecule has 138 valence electrons. The van der Waals surface area contributed by atoms with Gasteiger partial charge in [0.05, 0.1) is 11.4 Å². The molecule has 0 aliphatic carbocycles. The van der Waals surface area contributed by atoms with E-state index in [2.05, 4.69) is 55.6 Å². The Kier molecular flexibility index (Phi) is 5.04. The number of benzene rings is 3. The lowest BCUT2D eigenvalue weighted by Gasteiger charge is -2.21. The number of aryl methyl sites for hydroxylation is 2. The largest absolute Gasteiger partial charge is 0.352 e. The van der Waals surface area contributed by atoms with Gasteiger partial charge in [-0.3, -0.25) is 4.90 Å². The number of rotatable bonds is 4. The van der Waals surface area contributed by atoms with Gasteiger partial charge in [-0.1, -0.05) is 65.8 Å². The van der Waals surface area contributed by atoms with Crippen LogP contribution in [0.5, 0.6) is 0 Å². The van der Waals surface area contributed by atoms with Crippen molar-refractivity contribution in [2.45, 2.75) is 13.8 Å². The van der Waals surface area contributed by atoms with Crippen molar-refractivity contribution in [2.24, 2.45) is 4.99 Å². The summed E-state index contributed by atoms with van der Waals surface area (Å²) in [4.78, 5) is 7.65. The van der Waals surface area contributed by atoms with E-state index in [0.29, 0.717) is 4.99 Å². The summed E-state index contributed by atoms with van der Waals surface area (Å²) in [6.45, 7) is 4.15. The first kappa shape index (κ1) is 18.1. The lowest BCUT2D eigenvalue weighted by molar-refractivity contribution is 1.37. The third kappa shape index (κ3) is 3.87. The van der Waals surface area contributed by atoms with Gasteiger partial charge in [0.1, 0.15) is 4.99 Å². The van der Waals surface area contributed by atoms with Crippen molar-refractivity contribution < 1.29 is 0 Å². The molecule has 3 nitrogen and oxygen atoms in total. The highest BCUT2D eigenvalue weighted by Gasteiger charge is 2.28. The summed E-state index contributed by atoms with van der Waals surface area (Å²) < 4.78 is 0. The maximum Gasteiger partial charge on any atom is 0.162 e. The van der Waals surface area contributed by atoms with E-state index in [1.807, 2.05) is 53.4 Å². The van der Waals surface area contributed by atoms with Crippen LogP contribution in [-0.2, 0) is 0 Å². The molecule has 1 N–H and O–H groups in total. The molecule has 0 unspecified atom stereocenters. The topological polar surface area (TPSA) is 27.6 Å². The minimum Gasteiger partial charge on any atom is -0.352 e. The minimum atomic E-state index is 0.715. The molecule has 1 aliphatic heterocycles. The number of hydrogen-bond donors (Lipinski definition) is 1. The van der Waals surface area contributed by atoms with Crippen LogP contribution >= 0.6 is 12.2 Å². The molecule has 0 amide bonds. The maximum absolute atomic E-state index is 5.68. The predicted molar refractivity (Wildman–Crippen MR) is 123 cm³/mol. The smallest absolute Gasteiger partial charge is 0.162 e. The Morgan fingerprint density at radius 2 is 1.39 bits per heavy atom. The summed E-state index contributed by atoms with van der Waals surface area (Å²) in [5, 5.41) is 3.48. The van der Waals surface area contributed by atoms with Gasteiger partial charge in [0.15, 0.2) is 5.84 Å². The predicted octanol–water partition coefficient (Wildman–Crippen LogP) is 6.18. The van der Waals surface area contributed by atoms with E-state index in [9.17, 15) is 0 Å². The fraction of sp³-hybridized carbons (Fsp3) is 0.0833. The van der Waals surface area contributed by atoms with Gasteiger partial charge in [-0.25, -0.2) is 4.99 Å². The van der Waals surface area contributed by atoms with Crippen LogP contribution in [0, 0.1) is 13.8 Å². The summed E-state index contributed by atoms with van der Waals surface area (Å²) in [5.41, 5.74) is 6.21. The molecule has 0 aromatic heterocycles. The molecule has 0 radical (unpaired) electrons. The Labute approximate surface area is 171 Å². The Hall–Kier alpha value is -3.24. The number of nitrogens with zero attached hydrogens (tertiary/aromatic N) is 2. The molecule has 4 heteroatoms. The van der Waals surface area contributed by atoms with Crippen LogP contribution in [0.25, 0.3) is 0 Å². The van der Waals surface area contributed by atoms with Crippen LogP contribution in [0.3, 0.4) is 0 Å². The van der Waals surface area contributed by atoms with Crippen LogP contribution in [0.4, 0.5) is 17.1 Å². The molecule has 3 aromatic carbocycles. The number of para-hydroxylation sites is 1. The normalized spacial score (nSPS) is 15.1. The number of nitrogens with one attached hydrogen (secondary N) is 1. The second kappa shape index (κ2) is 7.79. The standard InChI is InChI=1S/C24H21N3S/c1-17-8-12-19(13-9-17)25-22-16-23(28)27(21-6-4-3-5-7-21)24(22)26-20-14-10-18(2)11-15-20/h3-16,25H,1-2H3. The van der Waals surface area contributed by atoms with E-state index in [1.54, 1.807) is 0 Å². The molecule has 3 aromatic rings. The SMILES string of the molecule is Cc1ccc(N=C2C(Nc3ccc(C)cc3)=CC(=S)N2c2ccccc2)cc1. The number of amidine groups is 1. The summed E-state index contributed by atoms with van der Waals surface area (Å²) >= 11 is 5.68. The highest BCUT2D eigenvalue weighted by Crippen LogP contribution is 2.27. The molecule has 4 rings (SSSR count). The first-order valence-electron chi connectivity index (χ1n) is 9.20. The second-order valence-electron chi connectivity index (χ2n) is 6.83. The van der Waals surface area contributed by atoms with Gasteiger partial charge in [-0.2, -0.15) is 0 Å². The molecule has 0 saturated heterocycles. The Bertz CT molecular complexity index is 1050. The first-order valence-corrected chi connectivity index (χ1v) is 9.61. The van der Waals surface area contributed by atoms with Gasteiger partial charge in [-0.15, -0.1) is 0 Å². The van der Waals surface area contributed by atoms with Gasteiger partial charge in [0.2, 0.25) is 0 Å². The zero-order valence-corrected chi connectivity index (χ0v) is 16.7. The Morgan fingerprint density at radius 3 is 2.04 bits per heavy atom. The maximum atomic E-state index is 5.68. The molecular weight excluding hydrogens is 362 g/mol. The average molecular weight is 384 g/mol. The first-order chi connectivity index (χ1) is 13.6. The Morgan fingerprint density at radius 1 is 0.786 bits per heavy atom. The van der Waals surface area contributed by atoms with Crippen molar-refractivity contribution in [3.63, 3.8) is 0 Å². The van der Waals surface area contributed by atoms with Crippen molar-refractivity contribution in [3.8, 4) is 0 Å². The number of hydrogen-bond acceptors (Lipinski definition) is 3. The third-order valence-electron chi connectivity index (χ3n) is 4.55. The Balaban J connectivity index is 1.75. The van der Waals surface area contributed by atoms with Crippen molar-refractivity contribution in [1.82, 2.24) is 0 Å². The van der Waals surface area contributed by atoms with Crippen LogP contribution in [-0.4, -0.2) is 10.8 Å². The van der Waals surface area contributed by atoms with E-state index >= 15 is 0 Å². The minimum absolute atomic E-state index is 0.715. The van der Waals surface area contributed by atoms with Crippen molar-refractivity contribution >= 4 is 40.1 Å². The lowest BCUT2D eigenvalue weighted by Crippen LogP contribution is -2.31. The molecule has 0 spiro atoms. The molecule has 28 heavy (non-hydrogen) atoms. The summed E-state index contributed by atoms with van der Waals surface area (Å²) in [6, 6.07) is 26.6. The van der Waals surface area contributed by atoms with E-state index < -0.39 is 0 Å². The quantitative estimate of drug-likeness (QED) is 0.545. The molecule has 0 fully saturated rings. The molecule has 1 aliphatic rings. The lowest BCUT2D eigenvalue weighted by atomic mass is 10.2. The van der Waals surface area contributed by atoms with Crippen LogP contribution < -0.4 is 10.2 Å². The highest BCUT2D eigenvalue weighted by atomic mass is 32.1. The van der Waals surface area contributed by atoms with E-state index in [4.69, 9.17) is 17.2 Å². The fourth-order valence-electron chi connectivity index (χ4n) is 3.04. The van der Waals surface area contributed by atoms with Crippen LogP contribution in [0.2, 0.25) is 0 Å². The number of anilines is 2. The number of aliphatic imine (C=N–C) groups is 1. The van der Waals surface area contributed by atoms with Crippen LogP contribution in [0.15, 0.2) is 95.6 Å². The van der Waals surface area contributed by atoms with Gasteiger partial charge >= 0.3 is 0 Å². The van der Waals surface area contributed by atoms with Gasteiger partial charge in [0.25, 0.3) is 0 Å². The van der Waals surface area contributed by atoms with E-state index in [-0.39, 0.29) is 0 Å². The van der Waals surface area contributed by atoms with E-state index in [0.717, 1.165) is 28.6 Å². The highest BCUT2D eigenvalue weighted by molar-refractivity contribution is 7.81. The summed E-state index contributed by atoms with van der Waals surface area (Å²) in [7, 11) is 0. The van der Waals surface area contributed by atoms with Crippen molar-refractivity contribution in [2.75, 3.05) is 10.2 Å². The molecule has 0 bridgehead atoms. The zero-order valence-electron chi connectivity index (χ0n) is 15.9. The average Bonchev–Trinajstić information content (AvgIpc) is 3.01. The van der Waals surface area contributed by atoms with Gasteiger partial charge in [-0.05, 0) is 50.2 Å². The molecule has 0 atom stereocenters. The summed E-state index contributed by atoms with van der Waals surface area (Å²) in [5.74, 6) is 0.792. The van der Waals surface area contributed by atoms with E-state index in [1.165, 1.54) is 11.1 Å². The number of thiocarbonyl (C=S) groups is 1. The molecular formula is C24H21N3S. The summed E-state index contributed by atoms with van der Waals surface area (Å²) in [6.07, 6.45) is 1.97. The van der Waals surface area contributed by atoms with Gasteiger partial charge in [0, 0.05) is 17.5 Å².